The Labute approximate surface area is 184 Å². The number of hydrogen-bond acceptors (Lipinski definition) is 3. The Bertz CT molecular complexity index is 708. The van der Waals surface area contributed by atoms with E-state index in [0.29, 0.717) is 12.3 Å². The molecule has 162 valence electrons. The maximum Gasteiger partial charge on any atom is 0.240 e. The third-order valence-corrected chi connectivity index (χ3v) is 5.85. The molecule has 0 saturated heterocycles. The molecule has 4 heteroatoms. The van der Waals surface area contributed by atoms with Gasteiger partial charge in [0.2, 0.25) is 5.91 Å². The number of carbonyl (C=O) groups excluding carboxylic acids is 1. The molecule has 0 aromatic rings. The number of thiol groups is 1. The van der Waals surface area contributed by atoms with E-state index in [2.05, 4.69) is 89.0 Å². The van der Waals surface area contributed by atoms with Crippen LogP contribution in [0, 0.1) is 5.41 Å². The Morgan fingerprint density at radius 3 is 2.52 bits per heavy atom. The first-order valence-electron chi connectivity index (χ1n) is 10.5. The monoisotopic (exact) mass is 416 g/mol. The molecule has 0 fully saturated rings. The molecule has 1 aliphatic carbocycles. The first kappa shape index (κ1) is 25.5. The number of likely N-dealkylation sites (N-methyl/N-ethyl adjacent to an activating group) is 1. The lowest BCUT2D eigenvalue weighted by Crippen LogP contribution is -2.45. The Morgan fingerprint density at radius 1 is 1.24 bits per heavy atom. The number of carbonyl (C=O) groups is 1. The molecule has 1 N–H and O–H groups in total. The minimum absolute atomic E-state index is 0.0541. The van der Waals surface area contributed by atoms with Crippen LogP contribution in [0.3, 0.4) is 0 Å². The van der Waals surface area contributed by atoms with Crippen LogP contribution in [0.15, 0.2) is 58.7 Å². The fourth-order valence-corrected chi connectivity index (χ4v) is 3.89. The molecule has 0 saturated carbocycles. The van der Waals surface area contributed by atoms with Crippen molar-refractivity contribution in [3.05, 3.63) is 58.7 Å². The van der Waals surface area contributed by atoms with E-state index < -0.39 is 0 Å². The van der Waals surface area contributed by atoms with Crippen molar-refractivity contribution in [2.24, 2.45) is 5.41 Å². The first-order chi connectivity index (χ1) is 13.6. The molecule has 0 aromatic heterocycles. The largest absolute Gasteiger partial charge is 0.347 e. The lowest BCUT2D eigenvalue weighted by atomic mass is 9.72. The molecule has 1 rings (SSSR count). The van der Waals surface area contributed by atoms with Gasteiger partial charge in [0, 0.05) is 26.4 Å². The average Bonchev–Trinajstić information content (AvgIpc) is 2.63. The lowest BCUT2D eigenvalue weighted by molar-refractivity contribution is -0.130. The fourth-order valence-electron chi connectivity index (χ4n) is 3.60. The van der Waals surface area contributed by atoms with Gasteiger partial charge >= 0.3 is 0 Å². The second kappa shape index (κ2) is 12.2. The van der Waals surface area contributed by atoms with Crippen molar-refractivity contribution in [2.75, 3.05) is 26.4 Å². The summed E-state index contributed by atoms with van der Waals surface area (Å²) in [5.41, 5.74) is 5.70. The zero-order chi connectivity index (χ0) is 22.0. The van der Waals surface area contributed by atoms with Gasteiger partial charge in [0.05, 0.1) is 6.04 Å². The maximum absolute atomic E-state index is 12.0. The van der Waals surface area contributed by atoms with Gasteiger partial charge in [0.25, 0.3) is 0 Å². The highest BCUT2D eigenvalue weighted by atomic mass is 32.1. The smallest absolute Gasteiger partial charge is 0.240 e. The van der Waals surface area contributed by atoms with E-state index in [9.17, 15) is 4.79 Å². The molecule has 3 nitrogen and oxygen atoms in total. The van der Waals surface area contributed by atoms with Crippen LogP contribution >= 0.6 is 12.6 Å². The first-order valence-corrected chi connectivity index (χ1v) is 11.2. The minimum Gasteiger partial charge on any atom is -0.347 e. The quantitative estimate of drug-likeness (QED) is 0.384. The van der Waals surface area contributed by atoms with Crippen LogP contribution in [0.5, 0.6) is 0 Å². The predicted octanol–water partition coefficient (Wildman–Crippen LogP) is 5.49. The zero-order valence-electron chi connectivity index (χ0n) is 19.4. The van der Waals surface area contributed by atoms with E-state index in [0.717, 1.165) is 5.57 Å². The maximum atomic E-state index is 12.0. The predicted molar refractivity (Wildman–Crippen MR) is 130 cm³/mol. The number of rotatable bonds is 9. The summed E-state index contributed by atoms with van der Waals surface area (Å²) in [5, 5.41) is 3.24. The molecule has 1 aliphatic rings. The SMILES string of the molecule is CC1=C(/C=C/C(C)=C/C=C/C(C)=C/CN[C@@H](CS)C(=O)N(C)C)C(C)(C)CCC1. The van der Waals surface area contributed by atoms with Crippen LogP contribution in [0.1, 0.15) is 53.9 Å². The summed E-state index contributed by atoms with van der Waals surface area (Å²) in [4.78, 5) is 13.6. The van der Waals surface area contributed by atoms with Gasteiger partial charge in [-0.15, -0.1) is 0 Å². The summed E-state index contributed by atoms with van der Waals surface area (Å²) in [7, 11) is 3.53. The highest BCUT2D eigenvalue weighted by molar-refractivity contribution is 7.80. The minimum atomic E-state index is -0.254. The summed E-state index contributed by atoms with van der Waals surface area (Å²) in [5.74, 6) is 0.541. The Hall–Kier alpha value is -1.52. The average molecular weight is 417 g/mol. The van der Waals surface area contributed by atoms with Crippen molar-refractivity contribution >= 4 is 18.5 Å². The molecule has 29 heavy (non-hydrogen) atoms. The van der Waals surface area contributed by atoms with Gasteiger partial charge in [-0.05, 0) is 51.0 Å². The van der Waals surface area contributed by atoms with Crippen LogP contribution in [-0.4, -0.2) is 43.2 Å². The van der Waals surface area contributed by atoms with Crippen molar-refractivity contribution in [2.45, 2.75) is 59.9 Å². The van der Waals surface area contributed by atoms with E-state index in [1.165, 1.54) is 36.0 Å². The van der Waals surface area contributed by atoms with E-state index in [1.807, 2.05) is 0 Å². The molecular formula is C25H40N2OS. The molecule has 1 atom stereocenters. The van der Waals surface area contributed by atoms with Gasteiger partial charge in [0.15, 0.2) is 0 Å². The molecule has 0 bridgehead atoms. The van der Waals surface area contributed by atoms with E-state index in [-0.39, 0.29) is 17.4 Å². The second-order valence-corrected chi connectivity index (χ2v) is 9.22. The molecule has 0 aromatic carbocycles. The molecule has 0 aliphatic heterocycles. The Balaban J connectivity index is 2.62. The summed E-state index contributed by atoms with van der Waals surface area (Å²) >= 11 is 4.27. The van der Waals surface area contributed by atoms with Crippen molar-refractivity contribution in [3.8, 4) is 0 Å². The van der Waals surface area contributed by atoms with Gasteiger partial charge in [-0.25, -0.2) is 0 Å². The summed E-state index contributed by atoms with van der Waals surface area (Å²) < 4.78 is 0. The molecule has 0 heterocycles. The molecule has 0 spiro atoms. The number of allylic oxidation sites excluding steroid dienone is 9. The van der Waals surface area contributed by atoms with Crippen LogP contribution in [0.25, 0.3) is 0 Å². The highest BCUT2D eigenvalue weighted by Gasteiger charge is 2.26. The van der Waals surface area contributed by atoms with E-state index in [1.54, 1.807) is 19.0 Å². The summed E-state index contributed by atoms with van der Waals surface area (Å²) in [6.45, 7) is 11.8. The van der Waals surface area contributed by atoms with E-state index in [4.69, 9.17) is 0 Å². The highest BCUT2D eigenvalue weighted by Crippen LogP contribution is 2.40. The molecule has 1 amide bonds. The third kappa shape index (κ3) is 8.79. The van der Waals surface area contributed by atoms with Crippen LogP contribution in [0.2, 0.25) is 0 Å². The van der Waals surface area contributed by atoms with Crippen LogP contribution < -0.4 is 5.32 Å². The van der Waals surface area contributed by atoms with Gasteiger partial charge in [0.1, 0.15) is 0 Å². The number of nitrogens with one attached hydrogen (secondary N) is 1. The normalized spacial score (nSPS) is 19.3. The molecular weight excluding hydrogens is 376 g/mol. The Kier molecular flexibility index (Phi) is 10.8. The van der Waals surface area contributed by atoms with Crippen LogP contribution in [0.4, 0.5) is 0 Å². The summed E-state index contributed by atoms with van der Waals surface area (Å²) in [6, 6.07) is -0.254. The van der Waals surface area contributed by atoms with Crippen molar-refractivity contribution in [1.29, 1.82) is 0 Å². The fraction of sp³-hybridized carbons (Fsp3) is 0.560. The van der Waals surface area contributed by atoms with Crippen molar-refractivity contribution < 1.29 is 4.79 Å². The van der Waals surface area contributed by atoms with Crippen LogP contribution in [-0.2, 0) is 4.79 Å². The number of hydrogen-bond donors (Lipinski definition) is 2. The summed E-state index contributed by atoms with van der Waals surface area (Å²) in [6.07, 6.45) is 16.7. The number of nitrogens with zero attached hydrogens (tertiary/aromatic N) is 1. The standard InChI is InChI=1S/C25H40N2OS/c1-19(13-14-22-21(3)12-9-16-25(22,4)5)10-8-11-20(2)15-17-26-23(18-29)24(28)27(6)7/h8,10-11,13-15,23,26,29H,9,12,16-18H2,1-7H3/b11-8+,14-13+,19-10+,20-15+/t23-/m0/s1. The topological polar surface area (TPSA) is 32.3 Å². The molecule has 0 unspecified atom stereocenters. The van der Waals surface area contributed by atoms with Gasteiger partial charge in [-0.3, -0.25) is 4.79 Å². The van der Waals surface area contributed by atoms with Crippen molar-refractivity contribution in [3.63, 3.8) is 0 Å². The van der Waals surface area contributed by atoms with E-state index >= 15 is 0 Å². The van der Waals surface area contributed by atoms with Gasteiger partial charge < -0.3 is 10.2 Å². The lowest BCUT2D eigenvalue weighted by Gasteiger charge is -2.32. The zero-order valence-corrected chi connectivity index (χ0v) is 20.3. The molecule has 0 radical (unpaired) electrons. The Morgan fingerprint density at radius 2 is 1.93 bits per heavy atom. The third-order valence-electron chi connectivity index (χ3n) is 5.48. The number of amides is 1. The van der Waals surface area contributed by atoms with Gasteiger partial charge in [-0.2, -0.15) is 12.6 Å². The van der Waals surface area contributed by atoms with Gasteiger partial charge in [-0.1, -0.05) is 67.0 Å². The second-order valence-electron chi connectivity index (χ2n) is 8.86. The van der Waals surface area contributed by atoms with Crippen molar-refractivity contribution in [1.82, 2.24) is 10.2 Å².